The summed E-state index contributed by atoms with van der Waals surface area (Å²) >= 11 is 3.39. The molecule has 1 aromatic rings. The number of hydrogen-bond donors (Lipinski definition) is 0. The third kappa shape index (κ3) is 2.35. The van der Waals surface area contributed by atoms with E-state index in [4.69, 9.17) is 4.74 Å². The van der Waals surface area contributed by atoms with Crippen molar-refractivity contribution in [3.8, 4) is 5.88 Å². The van der Waals surface area contributed by atoms with Crippen LogP contribution in [0.15, 0.2) is 6.33 Å². The second-order valence-corrected chi connectivity index (χ2v) is 3.74. The van der Waals surface area contributed by atoms with Gasteiger partial charge in [-0.3, -0.25) is 0 Å². The summed E-state index contributed by atoms with van der Waals surface area (Å²) in [6.07, 6.45) is 1.52. The van der Waals surface area contributed by atoms with Crippen molar-refractivity contribution < 1.29 is 4.74 Å². The molecule has 0 atom stereocenters. The molecule has 0 aromatic carbocycles. The first-order chi connectivity index (χ1) is 6.70. The van der Waals surface area contributed by atoms with Crippen LogP contribution in [0.25, 0.3) is 0 Å². The third-order valence-electron chi connectivity index (χ3n) is 1.99. The summed E-state index contributed by atoms with van der Waals surface area (Å²) in [4.78, 5) is 10.3. The monoisotopic (exact) mass is 259 g/mol. The average Bonchev–Trinajstić information content (AvgIpc) is 2.18. The Hall–Kier alpha value is -0.840. The molecule has 0 aliphatic carbocycles. The van der Waals surface area contributed by atoms with E-state index in [1.54, 1.807) is 7.11 Å². The molecule has 1 heterocycles. The van der Waals surface area contributed by atoms with Crippen LogP contribution in [0.2, 0.25) is 0 Å². The Bertz CT molecular complexity index is 306. The molecule has 14 heavy (non-hydrogen) atoms. The van der Waals surface area contributed by atoms with Gasteiger partial charge in [0.1, 0.15) is 12.1 Å². The van der Waals surface area contributed by atoms with Crippen molar-refractivity contribution >= 4 is 21.7 Å². The summed E-state index contributed by atoms with van der Waals surface area (Å²) in [5.41, 5.74) is 0.971. The molecular formula is C9H14BrN3O. The van der Waals surface area contributed by atoms with E-state index in [2.05, 4.69) is 30.8 Å². The number of aromatic nitrogens is 2. The topological polar surface area (TPSA) is 38.3 Å². The summed E-state index contributed by atoms with van der Waals surface area (Å²) in [5.74, 6) is 1.55. The van der Waals surface area contributed by atoms with Crippen molar-refractivity contribution in [3.05, 3.63) is 11.9 Å². The normalized spacial score (nSPS) is 10.0. The van der Waals surface area contributed by atoms with Crippen molar-refractivity contribution in [2.24, 2.45) is 0 Å². The van der Waals surface area contributed by atoms with Crippen molar-refractivity contribution in [1.82, 2.24) is 9.97 Å². The van der Waals surface area contributed by atoms with Gasteiger partial charge >= 0.3 is 0 Å². The summed E-state index contributed by atoms with van der Waals surface area (Å²) in [6.45, 7) is 2.86. The Labute approximate surface area is 92.4 Å². The van der Waals surface area contributed by atoms with E-state index in [-0.39, 0.29) is 0 Å². The molecule has 78 valence electrons. The second kappa shape index (κ2) is 5.14. The Morgan fingerprint density at radius 1 is 1.50 bits per heavy atom. The van der Waals surface area contributed by atoms with Crippen LogP contribution in [0.4, 0.5) is 5.82 Å². The fourth-order valence-electron chi connectivity index (χ4n) is 1.25. The van der Waals surface area contributed by atoms with E-state index in [0.717, 1.165) is 23.3 Å². The first-order valence-electron chi connectivity index (χ1n) is 4.33. The van der Waals surface area contributed by atoms with Crippen molar-refractivity contribution in [2.75, 3.05) is 30.9 Å². The van der Waals surface area contributed by atoms with Gasteiger partial charge in [0, 0.05) is 18.9 Å². The zero-order chi connectivity index (χ0) is 10.6. The molecule has 1 aromatic heterocycles. The van der Waals surface area contributed by atoms with Gasteiger partial charge < -0.3 is 9.64 Å². The molecule has 0 aliphatic heterocycles. The van der Waals surface area contributed by atoms with E-state index in [1.807, 2.05) is 14.0 Å². The van der Waals surface area contributed by atoms with Gasteiger partial charge in [-0.25, -0.2) is 9.97 Å². The quantitative estimate of drug-likeness (QED) is 0.771. The van der Waals surface area contributed by atoms with E-state index < -0.39 is 0 Å². The first-order valence-corrected chi connectivity index (χ1v) is 5.45. The Morgan fingerprint density at radius 2 is 2.21 bits per heavy atom. The lowest BCUT2D eigenvalue weighted by Gasteiger charge is -2.19. The summed E-state index contributed by atoms with van der Waals surface area (Å²) in [5, 5.41) is 0.912. The van der Waals surface area contributed by atoms with Crippen LogP contribution in [0.1, 0.15) is 5.56 Å². The predicted molar refractivity (Wildman–Crippen MR) is 60.4 cm³/mol. The molecule has 0 fully saturated rings. The van der Waals surface area contributed by atoms with Gasteiger partial charge in [-0.2, -0.15) is 0 Å². The van der Waals surface area contributed by atoms with Crippen LogP contribution in [-0.2, 0) is 0 Å². The predicted octanol–water partition coefficient (Wildman–Crippen LogP) is 1.62. The van der Waals surface area contributed by atoms with Crippen LogP contribution in [-0.4, -0.2) is 36.0 Å². The van der Waals surface area contributed by atoms with Gasteiger partial charge in [-0.15, -0.1) is 0 Å². The lowest BCUT2D eigenvalue weighted by atomic mass is 10.3. The number of methoxy groups -OCH3 is 1. The third-order valence-corrected chi connectivity index (χ3v) is 2.34. The minimum absolute atomic E-state index is 0.636. The highest BCUT2D eigenvalue weighted by atomic mass is 79.9. The van der Waals surface area contributed by atoms with Crippen LogP contribution in [0.3, 0.4) is 0 Å². The van der Waals surface area contributed by atoms with Gasteiger partial charge in [0.2, 0.25) is 5.88 Å². The van der Waals surface area contributed by atoms with Crippen molar-refractivity contribution in [2.45, 2.75) is 6.92 Å². The Kier molecular flexibility index (Phi) is 4.13. The lowest BCUT2D eigenvalue weighted by molar-refractivity contribution is 0.393. The minimum Gasteiger partial charge on any atom is -0.481 e. The Balaban J connectivity index is 2.96. The number of anilines is 1. The van der Waals surface area contributed by atoms with Crippen LogP contribution >= 0.6 is 15.9 Å². The molecule has 0 N–H and O–H groups in total. The zero-order valence-electron chi connectivity index (χ0n) is 8.62. The van der Waals surface area contributed by atoms with Gasteiger partial charge in [0.25, 0.3) is 0 Å². The molecule has 0 saturated carbocycles. The molecule has 0 spiro atoms. The maximum absolute atomic E-state index is 5.12. The maximum atomic E-state index is 5.12. The smallest absolute Gasteiger partial charge is 0.221 e. The largest absolute Gasteiger partial charge is 0.481 e. The molecule has 4 nitrogen and oxygen atoms in total. The highest BCUT2D eigenvalue weighted by Crippen LogP contribution is 2.22. The second-order valence-electron chi connectivity index (χ2n) is 2.94. The van der Waals surface area contributed by atoms with Gasteiger partial charge in [0.05, 0.1) is 12.7 Å². The molecule has 5 heteroatoms. The zero-order valence-corrected chi connectivity index (χ0v) is 10.2. The number of nitrogens with zero attached hydrogens (tertiary/aromatic N) is 3. The van der Waals surface area contributed by atoms with E-state index >= 15 is 0 Å². The number of hydrogen-bond acceptors (Lipinski definition) is 4. The van der Waals surface area contributed by atoms with Crippen molar-refractivity contribution in [3.63, 3.8) is 0 Å². The molecule has 0 aliphatic rings. The Morgan fingerprint density at radius 3 is 2.79 bits per heavy atom. The molecule has 0 amide bonds. The van der Waals surface area contributed by atoms with Gasteiger partial charge in [0.15, 0.2) is 0 Å². The summed E-state index contributed by atoms with van der Waals surface area (Å²) < 4.78 is 5.12. The van der Waals surface area contributed by atoms with E-state index in [1.165, 1.54) is 6.33 Å². The fraction of sp³-hybridized carbons (Fsp3) is 0.556. The highest BCUT2D eigenvalue weighted by Gasteiger charge is 2.10. The van der Waals surface area contributed by atoms with Crippen LogP contribution < -0.4 is 9.64 Å². The summed E-state index contributed by atoms with van der Waals surface area (Å²) in [7, 11) is 3.61. The highest BCUT2D eigenvalue weighted by molar-refractivity contribution is 9.09. The molecule has 0 saturated heterocycles. The van der Waals surface area contributed by atoms with Crippen LogP contribution in [0.5, 0.6) is 5.88 Å². The SMILES string of the molecule is COc1ncnc(N(C)CCBr)c1C. The minimum atomic E-state index is 0.636. The molecule has 1 rings (SSSR count). The van der Waals surface area contributed by atoms with E-state index in [0.29, 0.717) is 5.88 Å². The van der Waals surface area contributed by atoms with Crippen LogP contribution in [0, 0.1) is 6.92 Å². The number of ether oxygens (including phenoxy) is 1. The molecular weight excluding hydrogens is 246 g/mol. The van der Waals surface area contributed by atoms with Crippen molar-refractivity contribution in [1.29, 1.82) is 0 Å². The number of halogens is 1. The summed E-state index contributed by atoms with van der Waals surface area (Å²) in [6, 6.07) is 0. The fourth-order valence-corrected chi connectivity index (χ4v) is 1.78. The average molecular weight is 260 g/mol. The maximum Gasteiger partial charge on any atom is 0.221 e. The van der Waals surface area contributed by atoms with E-state index in [9.17, 15) is 0 Å². The molecule has 0 radical (unpaired) electrons. The number of alkyl halides is 1. The standard InChI is InChI=1S/C9H14BrN3O/c1-7-8(13(2)5-4-10)11-6-12-9(7)14-3/h6H,4-5H2,1-3H3. The molecule has 0 unspecified atom stereocenters. The first kappa shape index (κ1) is 11.2. The molecule has 0 bridgehead atoms. The number of rotatable bonds is 4. The van der Waals surface area contributed by atoms with Gasteiger partial charge in [-0.1, -0.05) is 15.9 Å². The van der Waals surface area contributed by atoms with Gasteiger partial charge in [-0.05, 0) is 6.92 Å². The lowest BCUT2D eigenvalue weighted by Crippen LogP contribution is -2.22.